The fourth-order valence-electron chi connectivity index (χ4n) is 3.23. The lowest BCUT2D eigenvalue weighted by Crippen LogP contribution is -2.47. The van der Waals surface area contributed by atoms with E-state index >= 15 is 0 Å². The lowest BCUT2D eigenvalue weighted by Gasteiger charge is -2.32. The normalized spacial score (nSPS) is 18.7. The van der Waals surface area contributed by atoms with Crippen molar-refractivity contribution in [2.45, 2.75) is 53.4 Å². The third-order valence-electron chi connectivity index (χ3n) is 4.59. The summed E-state index contributed by atoms with van der Waals surface area (Å²) in [6, 6.07) is -0.0633. The van der Waals surface area contributed by atoms with Crippen molar-refractivity contribution in [2.24, 2.45) is 23.7 Å². The van der Waals surface area contributed by atoms with E-state index in [1.54, 1.807) is 4.90 Å². The zero-order valence-corrected chi connectivity index (χ0v) is 16.6. The van der Waals surface area contributed by atoms with Gasteiger partial charge >= 0.3 is 12.0 Å². The van der Waals surface area contributed by atoms with Crippen LogP contribution < -0.4 is 10.6 Å². The summed E-state index contributed by atoms with van der Waals surface area (Å²) in [4.78, 5) is 37.4. The van der Waals surface area contributed by atoms with Crippen LogP contribution in [-0.2, 0) is 9.59 Å². The Morgan fingerprint density at radius 2 is 1.77 bits per heavy atom. The molecule has 1 saturated heterocycles. The van der Waals surface area contributed by atoms with Gasteiger partial charge in [-0.3, -0.25) is 9.59 Å². The van der Waals surface area contributed by atoms with Gasteiger partial charge in [0.25, 0.3) is 0 Å². The number of carbonyl (C=O) groups is 3. The van der Waals surface area contributed by atoms with Crippen molar-refractivity contribution >= 4 is 17.9 Å². The first-order valence-corrected chi connectivity index (χ1v) is 9.71. The van der Waals surface area contributed by atoms with Gasteiger partial charge in [-0.05, 0) is 37.0 Å². The first-order valence-electron chi connectivity index (χ1n) is 9.71. The minimum absolute atomic E-state index is 0.0633. The van der Waals surface area contributed by atoms with Gasteiger partial charge in [0, 0.05) is 32.6 Å². The Balaban J connectivity index is 2.41. The predicted molar refractivity (Wildman–Crippen MR) is 101 cm³/mol. The summed E-state index contributed by atoms with van der Waals surface area (Å²) in [6.45, 7) is 10.1. The van der Waals surface area contributed by atoms with E-state index < -0.39 is 11.9 Å². The molecule has 1 fully saturated rings. The average molecular weight is 370 g/mol. The third-order valence-corrected chi connectivity index (χ3v) is 4.59. The molecule has 7 nitrogen and oxygen atoms in total. The lowest BCUT2D eigenvalue weighted by atomic mass is 9.94. The summed E-state index contributed by atoms with van der Waals surface area (Å²) in [5.74, 6) is -0.757. The Kier molecular flexibility index (Phi) is 9.44. The second-order valence-electron chi connectivity index (χ2n) is 8.21. The molecule has 3 amide bonds. The Labute approximate surface area is 156 Å². The molecule has 1 rings (SSSR count). The topological polar surface area (TPSA) is 98.7 Å². The highest BCUT2D eigenvalue weighted by molar-refractivity contribution is 5.78. The molecule has 26 heavy (non-hydrogen) atoms. The smallest absolute Gasteiger partial charge is 0.317 e. The molecule has 2 unspecified atom stereocenters. The number of amides is 3. The van der Waals surface area contributed by atoms with Crippen molar-refractivity contribution < 1.29 is 19.5 Å². The summed E-state index contributed by atoms with van der Waals surface area (Å²) in [5.41, 5.74) is 0. The number of nitrogens with one attached hydrogen (secondary N) is 2. The Morgan fingerprint density at radius 3 is 2.35 bits per heavy atom. The number of carboxylic acid groups (broad SMARTS) is 1. The maximum atomic E-state index is 12.2. The van der Waals surface area contributed by atoms with Gasteiger partial charge < -0.3 is 20.6 Å². The summed E-state index contributed by atoms with van der Waals surface area (Å²) >= 11 is 0. The summed E-state index contributed by atoms with van der Waals surface area (Å²) in [5, 5.41) is 14.9. The molecule has 0 radical (unpaired) electrons. The number of rotatable bonds is 9. The van der Waals surface area contributed by atoms with Crippen LogP contribution >= 0.6 is 0 Å². The van der Waals surface area contributed by atoms with Crippen molar-refractivity contribution in [1.29, 1.82) is 0 Å². The van der Waals surface area contributed by atoms with Gasteiger partial charge in [0.15, 0.2) is 0 Å². The van der Waals surface area contributed by atoms with E-state index in [1.807, 2.05) is 27.7 Å². The number of likely N-dealkylation sites (tertiary alicyclic amines) is 1. The lowest BCUT2D eigenvalue weighted by molar-refractivity contribution is -0.142. The predicted octanol–water partition coefficient (Wildman–Crippen LogP) is 2.32. The second kappa shape index (κ2) is 11.0. The molecule has 1 aliphatic rings. The molecule has 0 aromatic heterocycles. The monoisotopic (exact) mass is 369 g/mol. The highest BCUT2D eigenvalue weighted by atomic mass is 16.4. The highest BCUT2D eigenvalue weighted by Crippen LogP contribution is 2.20. The number of carbonyl (C=O) groups excluding carboxylic acids is 2. The Bertz CT molecular complexity index is 479. The minimum Gasteiger partial charge on any atom is -0.481 e. The van der Waals surface area contributed by atoms with Crippen LogP contribution in [0.15, 0.2) is 0 Å². The molecule has 0 aliphatic carbocycles. The Hall–Kier alpha value is -1.79. The quantitative estimate of drug-likeness (QED) is 0.581. The number of carboxylic acids is 1. The van der Waals surface area contributed by atoms with Crippen LogP contribution in [0.5, 0.6) is 0 Å². The van der Waals surface area contributed by atoms with E-state index in [-0.39, 0.29) is 30.3 Å². The molecular formula is C19H35N3O4. The molecule has 0 spiro atoms. The number of hydrogen-bond acceptors (Lipinski definition) is 3. The van der Waals surface area contributed by atoms with Crippen LogP contribution in [0.1, 0.15) is 53.4 Å². The summed E-state index contributed by atoms with van der Waals surface area (Å²) in [7, 11) is 0. The van der Waals surface area contributed by atoms with Crippen LogP contribution in [0.25, 0.3) is 0 Å². The molecule has 2 atom stereocenters. The zero-order chi connectivity index (χ0) is 19.7. The van der Waals surface area contributed by atoms with Gasteiger partial charge in [0.1, 0.15) is 0 Å². The molecule has 3 N–H and O–H groups in total. The van der Waals surface area contributed by atoms with E-state index in [0.717, 1.165) is 19.4 Å². The molecule has 150 valence electrons. The van der Waals surface area contributed by atoms with Gasteiger partial charge in [-0.2, -0.15) is 0 Å². The van der Waals surface area contributed by atoms with Crippen molar-refractivity contribution in [3.8, 4) is 0 Å². The van der Waals surface area contributed by atoms with E-state index in [1.165, 1.54) is 0 Å². The van der Waals surface area contributed by atoms with Gasteiger partial charge in [-0.15, -0.1) is 0 Å². The summed E-state index contributed by atoms with van der Waals surface area (Å²) < 4.78 is 0. The standard InChI is InChI=1S/C19H35N3O4/c1-13(2)8-16(18(24)25)11-20-17(23)9-15-6-5-7-22(12-15)19(26)21-10-14(3)4/h13-16H,5-12H2,1-4H3,(H,20,23)(H,21,26)(H,24,25). The minimum atomic E-state index is -0.871. The third kappa shape index (κ3) is 8.54. The summed E-state index contributed by atoms with van der Waals surface area (Å²) in [6.07, 6.45) is 2.68. The van der Waals surface area contributed by atoms with Crippen molar-refractivity contribution in [2.75, 3.05) is 26.2 Å². The van der Waals surface area contributed by atoms with Crippen LogP contribution in [0.2, 0.25) is 0 Å². The molecule has 0 saturated carbocycles. The van der Waals surface area contributed by atoms with Crippen molar-refractivity contribution in [3.63, 3.8) is 0 Å². The first-order chi connectivity index (χ1) is 12.2. The van der Waals surface area contributed by atoms with Crippen LogP contribution in [0.3, 0.4) is 0 Å². The molecule has 7 heteroatoms. The maximum Gasteiger partial charge on any atom is 0.317 e. The number of piperidine rings is 1. The fourth-order valence-corrected chi connectivity index (χ4v) is 3.23. The molecule has 1 aliphatic heterocycles. The van der Waals surface area contributed by atoms with E-state index in [2.05, 4.69) is 10.6 Å². The van der Waals surface area contributed by atoms with Crippen LogP contribution in [-0.4, -0.2) is 54.1 Å². The highest BCUT2D eigenvalue weighted by Gasteiger charge is 2.26. The average Bonchev–Trinajstić information content (AvgIpc) is 2.56. The Morgan fingerprint density at radius 1 is 1.08 bits per heavy atom. The largest absolute Gasteiger partial charge is 0.481 e. The van der Waals surface area contributed by atoms with E-state index in [9.17, 15) is 19.5 Å². The van der Waals surface area contributed by atoms with Crippen molar-refractivity contribution in [1.82, 2.24) is 15.5 Å². The maximum absolute atomic E-state index is 12.2. The van der Waals surface area contributed by atoms with E-state index in [0.29, 0.717) is 31.8 Å². The number of urea groups is 1. The molecular weight excluding hydrogens is 334 g/mol. The molecule has 0 aromatic rings. The number of aliphatic carboxylic acids is 1. The number of hydrogen-bond donors (Lipinski definition) is 3. The molecule has 0 aromatic carbocycles. The zero-order valence-electron chi connectivity index (χ0n) is 16.6. The number of nitrogens with zero attached hydrogens (tertiary/aromatic N) is 1. The SMILES string of the molecule is CC(C)CNC(=O)N1CCCC(CC(=O)NCC(CC(C)C)C(=O)O)C1. The van der Waals surface area contributed by atoms with Gasteiger partial charge in [0.2, 0.25) is 5.91 Å². The first kappa shape index (κ1) is 22.3. The van der Waals surface area contributed by atoms with Gasteiger partial charge in [0.05, 0.1) is 5.92 Å². The van der Waals surface area contributed by atoms with Crippen LogP contribution in [0, 0.1) is 23.7 Å². The fraction of sp³-hybridized carbons (Fsp3) is 0.842. The second-order valence-corrected chi connectivity index (χ2v) is 8.21. The molecule has 1 heterocycles. The van der Waals surface area contributed by atoms with Gasteiger partial charge in [-0.25, -0.2) is 4.79 Å². The van der Waals surface area contributed by atoms with Crippen LogP contribution in [0.4, 0.5) is 4.79 Å². The van der Waals surface area contributed by atoms with E-state index in [4.69, 9.17) is 0 Å². The van der Waals surface area contributed by atoms with Crippen molar-refractivity contribution in [3.05, 3.63) is 0 Å². The van der Waals surface area contributed by atoms with Gasteiger partial charge in [-0.1, -0.05) is 27.7 Å². The molecule has 0 bridgehead atoms.